The summed E-state index contributed by atoms with van der Waals surface area (Å²) in [5.41, 5.74) is 0.736. The second-order valence-electron chi connectivity index (χ2n) is 7.17. The minimum Gasteiger partial charge on any atom is -0.494 e. The third-order valence-electron chi connectivity index (χ3n) is 5.26. The number of sulfone groups is 1. The van der Waals surface area contributed by atoms with Crippen LogP contribution in [0.15, 0.2) is 47.4 Å². The van der Waals surface area contributed by atoms with E-state index in [0.717, 1.165) is 15.3 Å². The Bertz CT molecular complexity index is 1190. The summed E-state index contributed by atoms with van der Waals surface area (Å²) in [5, 5.41) is 1.47. The van der Waals surface area contributed by atoms with Gasteiger partial charge in [0.05, 0.1) is 27.5 Å². The highest BCUT2D eigenvalue weighted by Crippen LogP contribution is 2.38. The maximum atomic E-state index is 12.6. The molecule has 1 aliphatic rings. The van der Waals surface area contributed by atoms with Crippen LogP contribution in [0.1, 0.15) is 6.42 Å². The summed E-state index contributed by atoms with van der Waals surface area (Å²) >= 11 is 7.81. The van der Waals surface area contributed by atoms with E-state index < -0.39 is 9.84 Å². The number of benzene rings is 2. The van der Waals surface area contributed by atoms with E-state index in [1.807, 2.05) is 0 Å². The molecular formula is C21H22ClN3O4S2. The lowest BCUT2D eigenvalue weighted by Gasteiger charge is -2.34. The van der Waals surface area contributed by atoms with Crippen molar-refractivity contribution in [2.24, 2.45) is 0 Å². The lowest BCUT2D eigenvalue weighted by molar-refractivity contribution is -0.131. The van der Waals surface area contributed by atoms with E-state index in [-0.39, 0.29) is 23.0 Å². The molecule has 0 saturated carbocycles. The summed E-state index contributed by atoms with van der Waals surface area (Å²) in [4.78, 5) is 21.4. The van der Waals surface area contributed by atoms with Gasteiger partial charge in [-0.15, -0.1) is 0 Å². The molecule has 1 amide bonds. The van der Waals surface area contributed by atoms with Gasteiger partial charge in [-0.25, -0.2) is 13.4 Å². The number of methoxy groups -OCH3 is 1. The maximum Gasteiger partial charge on any atom is 0.223 e. The number of anilines is 1. The second kappa shape index (κ2) is 9.02. The van der Waals surface area contributed by atoms with Crippen molar-refractivity contribution in [1.82, 2.24) is 9.88 Å². The summed E-state index contributed by atoms with van der Waals surface area (Å²) < 4.78 is 31.1. The Balaban J connectivity index is 1.37. The molecule has 4 rings (SSSR count). The first-order valence-electron chi connectivity index (χ1n) is 9.82. The molecule has 0 radical (unpaired) electrons. The Labute approximate surface area is 190 Å². The van der Waals surface area contributed by atoms with Crippen LogP contribution in [-0.4, -0.2) is 63.3 Å². The SMILES string of the molecule is COc1ccc(Cl)c2sc(N3CCN(C(=O)CCS(=O)(=O)c4ccccc4)CC3)nc12. The molecule has 1 fully saturated rings. The fourth-order valence-electron chi connectivity index (χ4n) is 3.51. The lowest BCUT2D eigenvalue weighted by atomic mass is 10.3. The highest BCUT2D eigenvalue weighted by atomic mass is 35.5. The molecule has 7 nitrogen and oxygen atoms in total. The highest BCUT2D eigenvalue weighted by Gasteiger charge is 2.25. The standard InChI is InChI=1S/C21H22ClN3O4S2/c1-29-17-8-7-16(22)20-19(17)23-21(30-20)25-12-10-24(11-13-25)18(26)9-14-31(27,28)15-5-3-2-4-6-15/h2-8H,9-14H2,1H3. The van der Waals surface area contributed by atoms with Crippen molar-refractivity contribution in [1.29, 1.82) is 0 Å². The van der Waals surface area contributed by atoms with Gasteiger partial charge < -0.3 is 14.5 Å². The molecule has 31 heavy (non-hydrogen) atoms. The average molecular weight is 480 g/mol. The molecule has 164 valence electrons. The predicted octanol–water partition coefficient (Wildman–Crippen LogP) is 3.47. The molecule has 0 spiro atoms. The zero-order chi connectivity index (χ0) is 22.0. The number of aromatic nitrogens is 1. The minimum atomic E-state index is -3.46. The van der Waals surface area contributed by atoms with Crippen LogP contribution in [0.5, 0.6) is 5.75 Å². The molecule has 0 N–H and O–H groups in total. The third-order valence-corrected chi connectivity index (χ3v) is 8.57. The molecule has 0 aliphatic carbocycles. The van der Waals surface area contributed by atoms with Crippen LogP contribution in [0.2, 0.25) is 5.02 Å². The highest BCUT2D eigenvalue weighted by molar-refractivity contribution is 7.91. The van der Waals surface area contributed by atoms with Crippen molar-refractivity contribution < 1.29 is 17.9 Å². The molecule has 2 heterocycles. The number of carbonyl (C=O) groups excluding carboxylic acids is 1. The Hall–Kier alpha value is -2.36. The third kappa shape index (κ3) is 4.63. The zero-order valence-electron chi connectivity index (χ0n) is 17.0. The van der Waals surface area contributed by atoms with E-state index in [2.05, 4.69) is 4.90 Å². The van der Waals surface area contributed by atoms with E-state index in [4.69, 9.17) is 21.3 Å². The molecule has 10 heteroatoms. The average Bonchev–Trinajstić information content (AvgIpc) is 3.25. The van der Waals surface area contributed by atoms with Gasteiger partial charge in [0.2, 0.25) is 5.91 Å². The van der Waals surface area contributed by atoms with E-state index in [0.29, 0.717) is 37.0 Å². The van der Waals surface area contributed by atoms with Crippen molar-refractivity contribution in [2.45, 2.75) is 11.3 Å². The maximum absolute atomic E-state index is 12.6. The van der Waals surface area contributed by atoms with Crippen molar-refractivity contribution in [3.63, 3.8) is 0 Å². The number of ether oxygens (including phenoxy) is 1. The molecule has 0 bridgehead atoms. The number of rotatable bonds is 6. The smallest absolute Gasteiger partial charge is 0.223 e. The zero-order valence-corrected chi connectivity index (χ0v) is 19.3. The van der Waals surface area contributed by atoms with Gasteiger partial charge in [-0.2, -0.15) is 0 Å². The molecule has 0 atom stereocenters. The Morgan fingerprint density at radius 2 is 1.84 bits per heavy atom. The van der Waals surface area contributed by atoms with Crippen LogP contribution < -0.4 is 9.64 Å². The van der Waals surface area contributed by atoms with Crippen LogP contribution in [0.3, 0.4) is 0 Å². The Morgan fingerprint density at radius 1 is 1.13 bits per heavy atom. The number of thiazole rings is 1. The van der Waals surface area contributed by atoms with Gasteiger partial charge in [0.1, 0.15) is 11.3 Å². The van der Waals surface area contributed by atoms with Gasteiger partial charge in [-0.3, -0.25) is 4.79 Å². The van der Waals surface area contributed by atoms with Gasteiger partial charge in [0.15, 0.2) is 15.0 Å². The van der Waals surface area contributed by atoms with E-state index in [9.17, 15) is 13.2 Å². The monoisotopic (exact) mass is 479 g/mol. The Morgan fingerprint density at radius 3 is 2.52 bits per heavy atom. The van der Waals surface area contributed by atoms with Crippen molar-refractivity contribution in [3.05, 3.63) is 47.5 Å². The van der Waals surface area contributed by atoms with Crippen molar-refractivity contribution >= 4 is 54.0 Å². The van der Waals surface area contributed by atoms with E-state index in [1.165, 1.54) is 11.3 Å². The number of amides is 1. The van der Waals surface area contributed by atoms with Crippen LogP contribution in [-0.2, 0) is 14.6 Å². The topological polar surface area (TPSA) is 79.8 Å². The van der Waals surface area contributed by atoms with Crippen LogP contribution >= 0.6 is 22.9 Å². The summed E-state index contributed by atoms with van der Waals surface area (Å²) in [6.45, 7) is 2.28. The fraction of sp³-hybridized carbons (Fsp3) is 0.333. The summed E-state index contributed by atoms with van der Waals surface area (Å²) in [5.74, 6) is 0.343. The van der Waals surface area contributed by atoms with Gasteiger partial charge in [0, 0.05) is 32.6 Å². The fourth-order valence-corrected chi connectivity index (χ4v) is 6.07. The largest absolute Gasteiger partial charge is 0.494 e. The second-order valence-corrected chi connectivity index (χ2v) is 10.7. The number of hydrogen-bond acceptors (Lipinski definition) is 7. The Kier molecular flexibility index (Phi) is 6.36. The predicted molar refractivity (Wildman–Crippen MR) is 123 cm³/mol. The molecule has 0 unspecified atom stereocenters. The minimum absolute atomic E-state index is 0.0226. The quantitative estimate of drug-likeness (QED) is 0.538. The first kappa shape index (κ1) is 21.9. The lowest BCUT2D eigenvalue weighted by Crippen LogP contribution is -2.49. The number of carbonyl (C=O) groups is 1. The summed E-state index contributed by atoms with van der Waals surface area (Å²) in [7, 11) is -1.86. The normalized spacial score (nSPS) is 14.8. The van der Waals surface area contributed by atoms with Crippen LogP contribution in [0.25, 0.3) is 10.2 Å². The van der Waals surface area contributed by atoms with Gasteiger partial charge in [-0.05, 0) is 24.3 Å². The number of nitrogens with zero attached hydrogens (tertiary/aromatic N) is 3. The number of hydrogen-bond donors (Lipinski definition) is 0. The number of piperazine rings is 1. The van der Waals surface area contributed by atoms with Gasteiger partial charge in [0.25, 0.3) is 0 Å². The number of halogens is 1. The summed E-state index contributed by atoms with van der Waals surface area (Å²) in [6, 6.07) is 11.8. The summed E-state index contributed by atoms with van der Waals surface area (Å²) in [6.07, 6.45) is -0.0226. The number of fused-ring (bicyclic) bond motifs is 1. The van der Waals surface area contributed by atoms with Gasteiger partial charge >= 0.3 is 0 Å². The molecule has 2 aromatic carbocycles. The first-order valence-corrected chi connectivity index (χ1v) is 12.7. The van der Waals surface area contributed by atoms with E-state index >= 15 is 0 Å². The molecule has 3 aromatic rings. The van der Waals surface area contributed by atoms with E-state index in [1.54, 1.807) is 54.5 Å². The molecule has 1 saturated heterocycles. The first-order chi connectivity index (χ1) is 14.9. The molecule has 1 aromatic heterocycles. The van der Waals surface area contributed by atoms with Crippen LogP contribution in [0, 0.1) is 0 Å². The van der Waals surface area contributed by atoms with Crippen molar-refractivity contribution in [3.8, 4) is 5.75 Å². The molecule has 1 aliphatic heterocycles. The van der Waals surface area contributed by atoms with Crippen LogP contribution in [0.4, 0.5) is 5.13 Å². The molecular weight excluding hydrogens is 458 g/mol. The van der Waals surface area contributed by atoms with Crippen molar-refractivity contribution in [2.75, 3.05) is 43.9 Å². The van der Waals surface area contributed by atoms with Gasteiger partial charge in [-0.1, -0.05) is 41.1 Å².